The Labute approximate surface area is 233 Å². The summed E-state index contributed by atoms with van der Waals surface area (Å²) < 4.78 is 0. The lowest BCUT2D eigenvalue weighted by Crippen LogP contribution is -2.11. The second-order valence-electron chi connectivity index (χ2n) is 9.82. The zero-order chi connectivity index (χ0) is 26.3. The third kappa shape index (κ3) is 4.08. The molecule has 3 heteroatoms. The highest BCUT2D eigenvalue weighted by atomic mass is 32.1. The van der Waals surface area contributed by atoms with E-state index in [9.17, 15) is 0 Å². The molecule has 7 aromatic rings. The van der Waals surface area contributed by atoms with Crippen molar-refractivity contribution < 1.29 is 0 Å². The molecule has 0 unspecified atom stereocenters. The fraction of sp³-hybridized carbons (Fsp3) is 0. The van der Waals surface area contributed by atoms with E-state index in [1.54, 1.807) is 0 Å². The highest BCUT2D eigenvalue weighted by Crippen LogP contribution is 2.45. The van der Waals surface area contributed by atoms with E-state index < -0.39 is 0 Å². The van der Waals surface area contributed by atoms with E-state index >= 15 is 0 Å². The Balaban J connectivity index is 1.44. The molecule has 0 aromatic heterocycles. The Hall–Kier alpha value is -4.73. The molecule has 0 saturated carbocycles. The summed E-state index contributed by atoms with van der Waals surface area (Å²) in [4.78, 5) is 3.10. The van der Waals surface area contributed by atoms with Gasteiger partial charge in [-0.2, -0.15) is 0 Å². The minimum absolute atomic E-state index is 0.669. The lowest BCUT2D eigenvalue weighted by Gasteiger charge is -2.28. The maximum atomic E-state index is 6.41. The van der Waals surface area contributed by atoms with E-state index in [4.69, 9.17) is 18.4 Å². The molecule has 0 amide bonds. The average Bonchev–Trinajstić information content (AvgIpc) is 2.99. The SMILES string of the molecule is Nc1ccc2c(c(N(c3ccccc3)c3ccc(-c4ccc5ccccc5c4)cc3)cc3ccccc32)c1S. The largest absolute Gasteiger partial charge is 0.398 e. The van der Waals surface area contributed by atoms with Crippen molar-refractivity contribution in [2.45, 2.75) is 4.90 Å². The second-order valence-corrected chi connectivity index (χ2v) is 10.3. The Morgan fingerprint density at radius 2 is 1.13 bits per heavy atom. The van der Waals surface area contributed by atoms with Crippen LogP contribution in [0.1, 0.15) is 0 Å². The number of para-hydroxylation sites is 1. The molecule has 0 bridgehead atoms. The van der Waals surface area contributed by atoms with Gasteiger partial charge in [0.25, 0.3) is 0 Å². The Kier molecular flexibility index (Phi) is 5.72. The molecule has 0 aliphatic rings. The summed E-state index contributed by atoms with van der Waals surface area (Å²) in [7, 11) is 0. The van der Waals surface area contributed by atoms with Gasteiger partial charge in [-0.05, 0) is 80.5 Å². The quantitative estimate of drug-likeness (QED) is 0.138. The van der Waals surface area contributed by atoms with Gasteiger partial charge in [0.1, 0.15) is 0 Å². The minimum atomic E-state index is 0.669. The van der Waals surface area contributed by atoms with E-state index in [1.165, 1.54) is 32.7 Å². The van der Waals surface area contributed by atoms with Crippen LogP contribution >= 0.6 is 12.6 Å². The van der Waals surface area contributed by atoms with Crippen molar-refractivity contribution in [3.05, 3.63) is 140 Å². The maximum absolute atomic E-state index is 6.41. The zero-order valence-electron chi connectivity index (χ0n) is 21.3. The molecule has 7 rings (SSSR count). The molecule has 0 heterocycles. The fourth-order valence-electron chi connectivity index (χ4n) is 5.53. The van der Waals surface area contributed by atoms with E-state index in [1.807, 2.05) is 12.1 Å². The predicted octanol–water partition coefficient (Wildman–Crippen LogP) is 10.2. The van der Waals surface area contributed by atoms with Crippen LogP contribution in [0.3, 0.4) is 0 Å². The summed E-state index contributed by atoms with van der Waals surface area (Å²) in [5, 5.41) is 7.03. The van der Waals surface area contributed by atoms with Crippen LogP contribution in [0.15, 0.2) is 144 Å². The number of fused-ring (bicyclic) bond motifs is 4. The molecule has 0 aliphatic heterocycles. The van der Waals surface area contributed by atoms with Crippen molar-refractivity contribution >= 4 is 67.7 Å². The number of hydrogen-bond acceptors (Lipinski definition) is 3. The van der Waals surface area contributed by atoms with Gasteiger partial charge in [0.05, 0.1) is 5.69 Å². The molecule has 0 saturated heterocycles. The van der Waals surface area contributed by atoms with Gasteiger partial charge in [0, 0.05) is 27.3 Å². The maximum Gasteiger partial charge on any atom is 0.0558 e. The number of anilines is 4. The lowest BCUT2D eigenvalue weighted by molar-refractivity contribution is 1.29. The molecule has 0 fully saturated rings. The summed E-state index contributed by atoms with van der Waals surface area (Å²) in [5.41, 5.74) is 12.6. The van der Waals surface area contributed by atoms with Crippen LogP contribution in [0, 0.1) is 0 Å². The fourth-order valence-corrected chi connectivity index (χ4v) is 5.84. The Bertz CT molecular complexity index is 1980. The summed E-state index contributed by atoms with van der Waals surface area (Å²) in [5.74, 6) is 0. The third-order valence-electron chi connectivity index (χ3n) is 7.47. The smallest absolute Gasteiger partial charge is 0.0558 e. The lowest BCUT2D eigenvalue weighted by atomic mass is 9.97. The van der Waals surface area contributed by atoms with Crippen LogP contribution in [0.25, 0.3) is 43.4 Å². The number of hydrogen-bond donors (Lipinski definition) is 2. The molecule has 0 spiro atoms. The van der Waals surface area contributed by atoms with Crippen LogP contribution < -0.4 is 10.6 Å². The van der Waals surface area contributed by atoms with Crippen molar-refractivity contribution in [2.75, 3.05) is 10.6 Å². The molecule has 0 radical (unpaired) electrons. The summed E-state index contributed by atoms with van der Waals surface area (Å²) in [6.07, 6.45) is 0. The van der Waals surface area contributed by atoms with Crippen molar-refractivity contribution in [1.82, 2.24) is 0 Å². The molecule has 0 aliphatic carbocycles. The van der Waals surface area contributed by atoms with Gasteiger partial charge in [-0.1, -0.05) is 97.1 Å². The number of thiol groups is 1. The molecule has 2 nitrogen and oxygen atoms in total. The van der Waals surface area contributed by atoms with Crippen molar-refractivity contribution in [2.24, 2.45) is 0 Å². The molecular formula is C36H26N2S. The molecule has 0 atom stereocenters. The number of rotatable bonds is 4. The van der Waals surface area contributed by atoms with Crippen LogP contribution in [0.2, 0.25) is 0 Å². The number of benzene rings is 7. The van der Waals surface area contributed by atoms with Crippen LogP contribution in [0.4, 0.5) is 22.7 Å². The monoisotopic (exact) mass is 518 g/mol. The van der Waals surface area contributed by atoms with Crippen molar-refractivity contribution in [3.8, 4) is 11.1 Å². The normalized spacial score (nSPS) is 11.3. The standard InChI is InChI=1S/C36H26N2S/c37-33-21-20-32-31-13-7-6-10-28(31)23-34(35(32)36(33)39)38(29-11-2-1-3-12-29)30-18-16-25(17-19-30)27-15-14-24-8-4-5-9-26(24)22-27/h1-23,39H,37H2. The number of nitrogen functional groups attached to an aromatic ring is 1. The molecule has 7 aromatic carbocycles. The second kappa shape index (κ2) is 9.54. The third-order valence-corrected chi connectivity index (χ3v) is 7.95. The van der Waals surface area contributed by atoms with Gasteiger partial charge in [0.15, 0.2) is 0 Å². The summed E-state index contributed by atoms with van der Waals surface area (Å²) >= 11 is 4.92. The molecule has 2 N–H and O–H groups in total. The molecular weight excluding hydrogens is 492 g/mol. The number of nitrogens with two attached hydrogens (primary N) is 1. The van der Waals surface area contributed by atoms with Crippen LogP contribution in [-0.2, 0) is 0 Å². The van der Waals surface area contributed by atoms with Gasteiger partial charge in [-0.25, -0.2) is 0 Å². The Morgan fingerprint density at radius 3 is 1.92 bits per heavy atom. The highest BCUT2D eigenvalue weighted by molar-refractivity contribution is 7.80. The molecule has 186 valence electrons. The first-order chi connectivity index (χ1) is 19.2. The van der Waals surface area contributed by atoms with Crippen LogP contribution in [-0.4, -0.2) is 0 Å². The first-order valence-electron chi connectivity index (χ1n) is 13.0. The van der Waals surface area contributed by atoms with Crippen LogP contribution in [0.5, 0.6) is 0 Å². The topological polar surface area (TPSA) is 29.3 Å². The highest BCUT2D eigenvalue weighted by Gasteiger charge is 2.19. The minimum Gasteiger partial charge on any atom is -0.398 e. The number of nitrogens with zero attached hydrogens (tertiary/aromatic N) is 1. The van der Waals surface area contributed by atoms with Gasteiger partial charge < -0.3 is 10.6 Å². The van der Waals surface area contributed by atoms with E-state index in [0.717, 1.165) is 32.7 Å². The predicted molar refractivity (Wildman–Crippen MR) is 171 cm³/mol. The van der Waals surface area contributed by atoms with Gasteiger partial charge in [0.2, 0.25) is 0 Å². The van der Waals surface area contributed by atoms with Gasteiger partial charge in [-0.3, -0.25) is 0 Å². The van der Waals surface area contributed by atoms with E-state index in [-0.39, 0.29) is 0 Å². The van der Waals surface area contributed by atoms with E-state index in [2.05, 4.69) is 132 Å². The van der Waals surface area contributed by atoms with Gasteiger partial charge >= 0.3 is 0 Å². The van der Waals surface area contributed by atoms with Crippen molar-refractivity contribution in [3.63, 3.8) is 0 Å². The molecule has 39 heavy (non-hydrogen) atoms. The average molecular weight is 519 g/mol. The van der Waals surface area contributed by atoms with Gasteiger partial charge in [-0.15, -0.1) is 12.6 Å². The first kappa shape index (κ1) is 23.4. The summed E-state index contributed by atoms with van der Waals surface area (Å²) in [6, 6.07) is 49.2. The first-order valence-corrected chi connectivity index (χ1v) is 13.5. The Morgan fingerprint density at radius 1 is 0.487 bits per heavy atom. The van der Waals surface area contributed by atoms with E-state index in [0.29, 0.717) is 5.69 Å². The summed E-state index contributed by atoms with van der Waals surface area (Å²) in [6.45, 7) is 0. The van der Waals surface area contributed by atoms with Crippen molar-refractivity contribution in [1.29, 1.82) is 0 Å². The zero-order valence-corrected chi connectivity index (χ0v) is 22.1.